The lowest BCUT2D eigenvalue weighted by atomic mass is 10.0. The summed E-state index contributed by atoms with van der Waals surface area (Å²) >= 11 is 0. The molecule has 0 bridgehead atoms. The van der Waals surface area contributed by atoms with Gasteiger partial charge in [-0.25, -0.2) is 9.67 Å². The van der Waals surface area contributed by atoms with Gasteiger partial charge in [-0.2, -0.15) is 0 Å². The Kier molecular flexibility index (Phi) is 5.90. The van der Waals surface area contributed by atoms with Crippen molar-refractivity contribution in [1.29, 1.82) is 0 Å². The van der Waals surface area contributed by atoms with Crippen molar-refractivity contribution in [3.8, 4) is 33.6 Å². The molecule has 5 rings (SSSR count). The predicted molar refractivity (Wildman–Crippen MR) is 132 cm³/mol. The fourth-order valence-corrected chi connectivity index (χ4v) is 3.71. The number of nitrogens with zero attached hydrogens (tertiary/aromatic N) is 5. The van der Waals surface area contributed by atoms with Gasteiger partial charge in [-0.3, -0.25) is 9.78 Å². The molecule has 0 saturated heterocycles. The summed E-state index contributed by atoms with van der Waals surface area (Å²) < 4.78 is 1.62. The molecule has 0 aliphatic rings. The summed E-state index contributed by atoms with van der Waals surface area (Å²) in [6.45, 7) is 2.04. The topological polar surface area (TPSA) is 85.6 Å². The van der Waals surface area contributed by atoms with Crippen molar-refractivity contribution in [3.05, 3.63) is 103 Å². The van der Waals surface area contributed by atoms with E-state index in [1.807, 2.05) is 79.7 Å². The van der Waals surface area contributed by atoms with Crippen molar-refractivity contribution in [2.24, 2.45) is 0 Å². The first-order valence-electron chi connectivity index (χ1n) is 10.9. The molecule has 0 aliphatic carbocycles. The number of rotatable bonds is 6. The summed E-state index contributed by atoms with van der Waals surface area (Å²) in [5, 5.41) is 11.5. The normalized spacial score (nSPS) is 10.7. The van der Waals surface area contributed by atoms with Crippen LogP contribution in [-0.2, 0) is 11.3 Å². The highest BCUT2D eigenvalue weighted by atomic mass is 16.2. The van der Waals surface area contributed by atoms with Crippen molar-refractivity contribution in [2.45, 2.75) is 13.5 Å². The Labute approximate surface area is 197 Å². The molecule has 7 nitrogen and oxygen atoms in total. The van der Waals surface area contributed by atoms with Crippen LogP contribution < -0.4 is 5.32 Å². The fourth-order valence-electron chi connectivity index (χ4n) is 3.71. The maximum atomic E-state index is 12.9. The molecule has 0 aliphatic heterocycles. The molecule has 0 spiro atoms. The van der Waals surface area contributed by atoms with Gasteiger partial charge in [-0.1, -0.05) is 65.4 Å². The quantitative estimate of drug-likeness (QED) is 0.396. The van der Waals surface area contributed by atoms with Crippen LogP contribution in [-0.4, -0.2) is 30.9 Å². The van der Waals surface area contributed by atoms with Crippen molar-refractivity contribution >= 4 is 11.7 Å². The summed E-state index contributed by atoms with van der Waals surface area (Å²) in [5.74, 6) is 0.246. The molecule has 0 unspecified atom stereocenters. The van der Waals surface area contributed by atoms with Gasteiger partial charge in [-0.15, -0.1) is 5.10 Å². The Morgan fingerprint density at radius 1 is 0.824 bits per heavy atom. The van der Waals surface area contributed by atoms with Gasteiger partial charge < -0.3 is 5.32 Å². The maximum absolute atomic E-state index is 12.9. The zero-order valence-corrected chi connectivity index (χ0v) is 18.6. The Morgan fingerprint density at radius 3 is 2.26 bits per heavy atom. The average Bonchev–Trinajstić information content (AvgIpc) is 3.29. The first-order chi connectivity index (χ1) is 16.7. The number of carbonyl (C=O) groups is 1. The molecule has 34 heavy (non-hydrogen) atoms. The van der Waals surface area contributed by atoms with Gasteiger partial charge in [0, 0.05) is 35.3 Å². The number of hydrogen-bond donors (Lipinski definition) is 1. The van der Waals surface area contributed by atoms with Gasteiger partial charge in [0.15, 0.2) is 0 Å². The van der Waals surface area contributed by atoms with Crippen LogP contribution in [0.4, 0.5) is 5.82 Å². The number of benzene rings is 2. The van der Waals surface area contributed by atoms with Crippen LogP contribution in [0.2, 0.25) is 0 Å². The van der Waals surface area contributed by atoms with E-state index in [1.165, 1.54) is 0 Å². The lowest BCUT2D eigenvalue weighted by Gasteiger charge is -2.10. The molecule has 7 heteroatoms. The molecular formula is C27H22N6O. The lowest BCUT2D eigenvalue weighted by Crippen LogP contribution is -2.20. The molecule has 166 valence electrons. The number of aromatic nitrogens is 5. The first-order valence-corrected chi connectivity index (χ1v) is 10.9. The summed E-state index contributed by atoms with van der Waals surface area (Å²) in [5.41, 5.74) is 6.49. The minimum absolute atomic E-state index is 0.00338. The van der Waals surface area contributed by atoms with E-state index in [1.54, 1.807) is 29.3 Å². The highest BCUT2D eigenvalue weighted by Crippen LogP contribution is 2.30. The van der Waals surface area contributed by atoms with E-state index < -0.39 is 0 Å². The Hall–Kier alpha value is -4.65. The second kappa shape index (κ2) is 9.46. The van der Waals surface area contributed by atoms with Crippen molar-refractivity contribution < 1.29 is 4.79 Å². The zero-order chi connectivity index (χ0) is 23.3. The van der Waals surface area contributed by atoms with E-state index in [4.69, 9.17) is 0 Å². The van der Waals surface area contributed by atoms with Gasteiger partial charge >= 0.3 is 0 Å². The van der Waals surface area contributed by atoms with Crippen LogP contribution in [0.5, 0.6) is 0 Å². The molecule has 0 fully saturated rings. The Morgan fingerprint density at radius 2 is 1.56 bits per heavy atom. The summed E-state index contributed by atoms with van der Waals surface area (Å²) in [4.78, 5) is 21.4. The molecule has 3 heterocycles. The molecule has 0 radical (unpaired) electrons. The predicted octanol–water partition coefficient (Wildman–Crippen LogP) is 5.02. The third-order valence-corrected chi connectivity index (χ3v) is 5.45. The third-order valence-electron chi connectivity index (χ3n) is 5.45. The fraction of sp³-hybridized carbons (Fsp3) is 0.0741. The van der Waals surface area contributed by atoms with Gasteiger partial charge in [-0.05, 0) is 36.8 Å². The summed E-state index contributed by atoms with van der Waals surface area (Å²) in [7, 11) is 0. The van der Waals surface area contributed by atoms with E-state index in [-0.39, 0.29) is 12.5 Å². The Balaban J connectivity index is 1.39. The lowest BCUT2D eigenvalue weighted by molar-refractivity contribution is -0.116. The molecule has 3 aromatic heterocycles. The van der Waals surface area contributed by atoms with E-state index in [0.29, 0.717) is 11.5 Å². The standard InChI is InChI=1S/C27H22N6O/c1-19-7-9-22(10-8-19)27-26(21-13-15-28-16-14-21)31-32-33(27)18-25(34)30-24-12-11-23(17-29-24)20-5-3-2-4-6-20/h2-17H,18H2,1H3,(H,29,30,34). The molecule has 2 aromatic carbocycles. The molecule has 1 amide bonds. The molecule has 0 saturated carbocycles. The number of hydrogen-bond acceptors (Lipinski definition) is 5. The smallest absolute Gasteiger partial charge is 0.247 e. The molecule has 5 aromatic rings. The second-order valence-electron chi connectivity index (χ2n) is 7.89. The first kappa shape index (κ1) is 21.2. The van der Waals surface area contributed by atoms with Crippen LogP contribution >= 0.6 is 0 Å². The average molecular weight is 447 g/mol. The Bertz CT molecular complexity index is 1400. The number of carbonyl (C=O) groups excluding carboxylic acids is 1. The van der Waals surface area contributed by atoms with E-state index in [2.05, 4.69) is 25.6 Å². The number of aryl methyl sites for hydroxylation is 1. The van der Waals surface area contributed by atoms with Crippen LogP contribution in [0, 0.1) is 6.92 Å². The van der Waals surface area contributed by atoms with E-state index in [0.717, 1.165) is 33.5 Å². The number of nitrogens with one attached hydrogen (secondary N) is 1. The number of anilines is 1. The monoisotopic (exact) mass is 446 g/mol. The van der Waals surface area contributed by atoms with Crippen LogP contribution in [0.3, 0.4) is 0 Å². The van der Waals surface area contributed by atoms with Gasteiger partial charge in [0.2, 0.25) is 5.91 Å². The van der Waals surface area contributed by atoms with E-state index in [9.17, 15) is 4.79 Å². The SMILES string of the molecule is Cc1ccc(-c2c(-c3ccncc3)nnn2CC(=O)Nc2ccc(-c3ccccc3)cn2)cc1. The number of amides is 1. The highest BCUT2D eigenvalue weighted by molar-refractivity contribution is 5.90. The van der Waals surface area contributed by atoms with Crippen molar-refractivity contribution in [2.75, 3.05) is 5.32 Å². The zero-order valence-electron chi connectivity index (χ0n) is 18.6. The summed E-state index contributed by atoms with van der Waals surface area (Å²) in [6.07, 6.45) is 5.18. The minimum Gasteiger partial charge on any atom is -0.309 e. The molecule has 0 atom stereocenters. The van der Waals surface area contributed by atoms with Gasteiger partial charge in [0.05, 0.1) is 5.69 Å². The molecule has 1 N–H and O–H groups in total. The van der Waals surface area contributed by atoms with Crippen molar-refractivity contribution in [3.63, 3.8) is 0 Å². The van der Waals surface area contributed by atoms with Gasteiger partial charge in [0.1, 0.15) is 18.1 Å². The van der Waals surface area contributed by atoms with Crippen LogP contribution in [0.15, 0.2) is 97.5 Å². The van der Waals surface area contributed by atoms with E-state index >= 15 is 0 Å². The largest absolute Gasteiger partial charge is 0.309 e. The van der Waals surface area contributed by atoms with Gasteiger partial charge in [0.25, 0.3) is 0 Å². The van der Waals surface area contributed by atoms with Crippen molar-refractivity contribution in [1.82, 2.24) is 25.0 Å². The van der Waals surface area contributed by atoms with Crippen LogP contribution in [0.25, 0.3) is 33.6 Å². The number of pyridine rings is 2. The maximum Gasteiger partial charge on any atom is 0.247 e. The summed E-state index contributed by atoms with van der Waals surface area (Å²) in [6, 6.07) is 25.5. The van der Waals surface area contributed by atoms with Crippen LogP contribution in [0.1, 0.15) is 5.56 Å². The minimum atomic E-state index is -0.237. The second-order valence-corrected chi connectivity index (χ2v) is 7.89. The third kappa shape index (κ3) is 4.59. The molecular weight excluding hydrogens is 424 g/mol. The highest BCUT2D eigenvalue weighted by Gasteiger charge is 2.19.